The molecule has 0 spiro atoms. The number of para-hydroxylation sites is 1. The predicted molar refractivity (Wildman–Crippen MR) is 90.9 cm³/mol. The molecule has 3 rings (SSSR count). The second-order valence-electron chi connectivity index (χ2n) is 4.90. The normalized spacial score (nSPS) is 10.5. The lowest BCUT2D eigenvalue weighted by Gasteiger charge is -2.04. The minimum absolute atomic E-state index is 0.274. The Hall–Kier alpha value is -2.67. The number of benzene rings is 1. The Kier molecular flexibility index (Phi) is 4.68. The summed E-state index contributed by atoms with van der Waals surface area (Å²) in [5, 5.41) is 12.8. The van der Waals surface area contributed by atoms with E-state index in [0.29, 0.717) is 12.2 Å². The van der Waals surface area contributed by atoms with Gasteiger partial charge < -0.3 is 10.6 Å². The van der Waals surface area contributed by atoms with Crippen LogP contribution >= 0.6 is 11.3 Å². The fourth-order valence-corrected chi connectivity index (χ4v) is 2.79. The van der Waals surface area contributed by atoms with E-state index >= 15 is 0 Å². The van der Waals surface area contributed by atoms with Crippen LogP contribution in [0.5, 0.6) is 0 Å². The monoisotopic (exact) mass is 327 g/mol. The standard InChI is InChI=1S/C16H17N5OS/c1-2-15-19-13(11-23-15)8-17-16(22)20-12-9-18-21(10-12)14-6-4-3-5-7-14/h3-7,9-11H,2,8H2,1H3,(H2,17,20,22). The lowest BCUT2D eigenvalue weighted by atomic mass is 10.3. The molecule has 118 valence electrons. The molecule has 2 amide bonds. The van der Waals surface area contributed by atoms with E-state index in [4.69, 9.17) is 0 Å². The van der Waals surface area contributed by atoms with E-state index in [1.807, 2.05) is 35.7 Å². The fraction of sp³-hybridized carbons (Fsp3) is 0.188. The van der Waals surface area contributed by atoms with Crippen molar-refractivity contribution in [3.63, 3.8) is 0 Å². The lowest BCUT2D eigenvalue weighted by molar-refractivity contribution is 0.251. The minimum atomic E-state index is -0.274. The zero-order valence-corrected chi connectivity index (χ0v) is 13.5. The van der Waals surface area contributed by atoms with Gasteiger partial charge in [0.1, 0.15) is 0 Å². The second-order valence-corrected chi connectivity index (χ2v) is 5.85. The largest absolute Gasteiger partial charge is 0.332 e. The molecule has 3 aromatic rings. The summed E-state index contributed by atoms with van der Waals surface area (Å²) < 4.78 is 1.71. The van der Waals surface area contributed by atoms with E-state index in [2.05, 4.69) is 27.6 Å². The Morgan fingerprint density at radius 2 is 2.13 bits per heavy atom. The number of carbonyl (C=O) groups is 1. The second kappa shape index (κ2) is 7.06. The number of anilines is 1. The van der Waals surface area contributed by atoms with E-state index in [0.717, 1.165) is 22.8 Å². The SMILES string of the molecule is CCc1nc(CNC(=O)Nc2cnn(-c3ccccc3)c2)cs1. The maximum Gasteiger partial charge on any atom is 0.319 e. The van der Waals surface area contributed by atoms with Crippen molar-refractivity contribution in [2.75, 3.05) is 5.32 Å². The average molecular weight is 327 g/mol. The number of rotatable bonds is 5. The highest BCUT2D eigenvalue weighted by Crippen LogP contribution is 2.12. The van der Waals surface area contributed by atoms with E-state index in [-0.39, 0.29) is 6.03 Å². The Bertz CT molecular complexity index is 781. The van der Waals surface area contributed by atoms with Crippen LogP contribution in [0.2, 0.25) is 0 Å². The number of carbonyl (C=O) groups excluding carboxylic acids is 1. The molecule has 7 heteroatoms. The van der Waals surface area contributed by atoms with Crippen LogP contribution < -0.4 is 10.6 Å². The van der Waals surface area contributed by atoms with Crippen LogP contribution in [-0.4, -0.2) is 20.8 Å². The topological polar surface area (TPSA) is 71.8 Å². The van der Waals surface area contributed by atoms with Gasteiger partial charge in [-0.2, -0.15) is 5.10 Å². The third-order valence-corrected chi connectivity index (χ3v) is 4.23. The number of hydrogen-bond donors (Lipinski definition) is 2. The van der Waals surface area contributed by atoms with Crippen molar-refractivity contribution in [1.82, 2.24) is 20.1 Å². The number of nitrogens with zero attached hydrogens (tertiary/aromatic N) is 3. The van der Waals surface area contributed by atoms with Crippen LogP contribution in [0.4, 0.5) is 10.5 Å². The first kappa shape index (κ1) is 15.2. The third-order valence-electron chi connectivity index (χ3n) is 3.19. The van der Waals surface area contributed by atoms with Crippen molar-refractivity contribution in [3.05, 3.63) is 58.8 Å². The maximum absolute atomic E-state index is 11.9. The van der Waals surface area contributed by atoms with Gasteiger partial charge in [0.05, 0.1) is 41.0 Å². The summed E-state index contributed by atoms with van der Waals surface area (Å²) in [4.78, 5) is 16.3. The van der Waals surface area contributed by atoms with Crippen LogP contribution in [0.15, 0.2) is 48.1 Å². The maximum atomic E-state index is 11.9. The van der Waals surface area contributed by atoms with Crippen LogP contribution in [0, 0.1) is 0 Å². The summed E-state index contributed by atoms with van der Waals surface area (Å²) in [6, 6.07) is 9.45. The van der Waals surface area contributed by atoms with Crippen LogP contribution in [0.3, 0.4) is 0 Å². The Labute approximate surface area is 138 Å². The molecule has 0 radical (unpaired) electrons. The van der Waals surface area contributed by atoms with Crippen molar-refractivity contribution in [2.45, 2.75) is 19.9 Å². The molecule has 0 atom stereocenters. The molecule has 0 saturated heterocycles. The Morgan fingerprint density at radius 3 is 2.87 bits per heavy atom. The molecule has 2 aromatic heterocycles. The van der Waals surface area contributed by atoms with Crippen LogP contribution in [0.25, 0.3) is 5.69 Å². The van der Waals surface area contributed by atoms with Crippen LogP contribution in [-0.2, 0) is 13.0 Å². The molecule has 0 aliphatic heterocycles. The molecule has 0 bridgehead atoms. The average Bonchev–Trinajstić information content (AvgIpc) is 3.23. The summed E-state index contributed by atoms with van der Waals surface area (Å²) in [5.74, 6) is 0. The van der Waals surface area contributed by atoms with E-state index < -0.39 is 0 Å². The van der Waals surface area contributed by atoms with Gasteiger partial charge in [-0.05, 0) is 18.6 Å². The molecule has 0 fully saturated rings. The van der Waals surface area contributed by atoms with Crippen molar-refractivity contribution in [2.24, 2.45) is 0 Å². The summed E-state index contributed by atoms with van der Waals surface area (Å²) in [6.07, 6.45) is 4.30. The van der Waals surface area contributed by atoms with Crippen molar-refractivity contribution < 1.29 is 4.79 Å². The molecule has 0 unspecified atom stereocenters. The number of hydrogen-bond acceptors (Lipinski definition) is 4. The van der Waals surface area contributed by atoms with Crippen LogP contribution in [0.1, 0.15) is 17.6 Å². The molecular weight excluding hydrogens is 310 g/mol. The number of amides is 2. The first-order valence-electron chi connectivity index (χ1n) is 7.33. The smallest absolute Gasteiger partial charge is 0.319 e. The molecule has 6 nitrogen and oxygen atoms in total. The van der Waals surface area contributed by atoms with E-state index in [1.165, 1.54) is 0 Å². The highest BCUT2D eigenvalue weighted by molar-refractivity contribution is 7.09. The fourth-order valence-electron chi connectivity index (χ4n) is 2.05. The number of nitrogens with one attached hydrogen (secondary N) is 2. The lowest BCUT2D eigenvalue weighted by Crippen LogP contribution is -2.28. The zero-order valence-electron chi connectivity index (χ0n) is 12.7. The third kappa shape index (κ3) is 3.95. The summed E-state index contributed by atoms with van der Waals surface area (Å²) in [7, 11) is 0. The summed E-state index contributed by atoms with van der Waals surface area (Å²) >= 11 is 1.61. The van der Waals surface area contributed by atoms with Gasteiger partial charge in [-0.3, -0.25) is 0 Å². The highest BCUT2D eigenvalue weighted by Gasteiger charge is 2.06. The van der Waals surface area contributed by atoms with Gasteiger partial charge in [0.2, 0.25) is 0 Å². The first-order chi connectivity index (χ1) is 11.2. The van der Waals surface area contributed by atoms with Crippen molar-refractivity contribution in [3.8, 4) is 5.69 Å². The molecule has 23 heavy (non-hydrogen) atoms. The molecule has 0 saturated carbocycles. The summed E-state index contributed by atoms with van der Waals surface area (Å²) in [6.45, 7) is 2.47. The number of aromatic nitrogens is 3. The predicted octanol–water partition coefficient (Wildman–Crippen LogP) is 3.21. The van der Waals surface area contributed by atoms with Crippen molar-refractivity contribution in [1.29, 1.82) is 0 Å². The minimum Gasteiger partial charge on any atom is -0.332 e. The van der Waals surface area contributed by atoms with Gasteiger partial charge in [-0.25, -0.2) is 14.5 Å². The molecule has 1 aromatic carbocycles. The van der Waals surface area contributed by atoms with Gasteiger partial charge in [0, 0.05) is 5.38 Å². The van der Waals surface area contributed by atoms with E-state index in [1.54, 1.807) is 28.4 Å². The number of urea groups is 1. The van der Waals surface area contributed by atoms with Gasteiger partial charge in [-0.15, -0.1) is 11.3 Å². The molecule has 2 N–H and O–H groups in total. The number of thiazole rings is 1. The Balaban J connectivity index is 1.55. The summed E-state index contributed by atoms with van der Waals surface area (Å²) in [5.41, 5.74) is 2.45. The first-order valence-corrected chi connectivity index (χ1v) is 8.21. The van der Waals surface area contributed by atoms with Gasteiger partial charge in [0.15, 0.2) is 0 Å². The van der Waals surface area contributed by atoms with E-state index in [9.17, 15) is 4.79 Å². The zero-order chi connectivity index (χ0) is 16.1. The molecular formula is C16H17N5OS. The van der Waals surface area contributed by atoms with Crippen molar-refractivity contribution >= 4 is 23.1 Å². The molecule has 0 aliphatic carbocycles. The van der Waals surface area contributed by atoms with Gasteiger partial charge in [0.25, 0.3) is 0 Å². The Morgan fingerprint density at radius 1 is 1.30 bits per heavy atom. The quantitative estimate of drug-likeness (QED) is 0.756. The number of aryl methyl sites for hydroxylation is 1. The molecule has 0 aliphatic rings. The van der Waals surface area contributed by atoms with Gasteiger partial charge in [-0.1, -0.05) is 25.1 Å². The highest BCUT2D eigenvalue weighted by atomic mass is 32.1. The molecule has 2 heterocycles. The van der Waals surface area contributed by atoms with Gasteiger partial charge >= 0.3 is 6.03 Å².